The van der Waals surface area contributed by atoms with Crippen LogP contribution in [0.4, 0.5) is 16.2 Å². The molecule has 1 aliphatic heterocycles. The Morgan fingerprint density at radius 3 is 2.50 bits per heavy atom. The van der Waals surface area contributed by atoms with Crippen molar-refractivity contribution in [2.45, 2.75) is 18.9 Å². The van der Waals surface area contributed by atoms with Gasteiger partial charge in [-0.05, 0) is 31.0 Å². The van der Waals surface area contributed by atoms with Crippen molar-refractivity contribution in [3.63, 3.8) is 0 Å². The average molecular weight is 424 g/mol. The van der Waals surface area contributed by atoms with Crippen molar-refractivity contribution in [2.24, 2.45) is 0 Å². The SMILES string of the molecule is COc1cc(N[C@@H]2CCCN(C(=O)Nc3cc(Cl)ccc3Cl)C2)cc(OC)c1. The van der Waals surface area contributed by atoms with E-state index in [0.717, 1.165) is 18.5 Å². The number of urea groups is 1. The quantitative estimate of drug-likeness (QED) is 0.700. The fraction of sp³-hybridized carbons (Fsp3) is 0.350. The third-order valence-corrected chi connectivity index (χ3v) is 5.17. The molecule has 1 fully saturated rings. The number of carbonyl (C=O) groups is 1. The lowest BCUT2D eigenvalue weighted by Crippen LogP contribution is -2.46. The van der Waals surface area contributed by atoms with Gasteiger partial charge in [0.25, 0.3) is 0 Å². The first-order chi connectivity index (χ1) is 13.5. The molecule has 0 bridgehead atoms. The Balaban J connectivity index is 1.65. The molecule has 0 unspecified atom stereocenters. The number of hydrogen-bond acceptors (Lipinski definition) is 4. The second kappa shape index (κ2) is 9.26. The van der Waals surface area contributed by atoms with E-state index < -0.39 is 0 Å². The summed E-state index contributed by atoms with van der Waals surface area (Å²) in [6, 6.07) is 10.6. The molecule has 150 valence electrons. The Morgan fingerprint density at radius 1 is 1.11 bits per heavy atom. The lowest BCUT2D eigenvalue weighted by molar-refractivity contribution is 0.196. The van der Waals surface area contributed by atoms with Gasteiger partial charge in [0.05, 0.1) is 24.9 Å². The standard InChI is InChI=1S/C20H23Cl2N3O3/c1-27-16-9-15(10-17(11-16)28-2)23-14-4-3-7-25(12-14)20(26)24-19-8-13(21)5-6-18(19)22/h5-6,8-11,14,23H,3-4,7,12H2,1-2H3,(H,24,26)/t14-/m1/s1. The van der Waals surface area contributed by atoms with Crippen molar-refractivity contribution in [3.05, 3.63) is 46.4 Å². The number of piperidine rings is 1. The van der Waals surface area contributed by atoms with E-state index in [1.54, 1.807) is 37.3 Å². The van der Waals surface area contributed by atoms with E-state index in [1.807, 2.05) is 18.2 Å². The van der Waals surface area contributed by atoms with Crippen LogP contribution in [-0.2, 0) is 0 Å². The monoisotopic (exact) mass is 423 g/mol. The van der Waals surface area contributed by atoms with Gasteiger partial charge < -0.3 is 25.0 Å². The van der Waals surface area contributed by atoms with Crippen molar-refractivity contribution in [1.82, 2.24) is 4.90 Å². The molecule has 1 heterocycles. The Kier molecular flexibility index (Phi) is 6.75. The summed E-state index contributed by atoms with van der Waals surface area (Å²) in [5.74, 6) is 1.42. The zero-order chi connectivity index (χ0) is 20.1. The molecule has 1 atom stereocenters. The maximum absolute atomic E-state index is 12.7. The predicted octanol–water partition coefficient (Wildman–Crippen LogP) is 5.12. The van der Waals surface area contributed by atoms with Gasteiger partial charge in [-0.1, -0.05) is 23.2 Å². The van der Waals surface area contributed by atoms with Crippen LogP contribution in [0.1, 0.15) is 12.8 Å². The number of rotatable bonds is 5. The molecule has 2 aromatic carbocycles. The third kappa shape index (κ3) is 5.14. The van der Waals surface area contributed by atoms with Gasteiger partial charge in [-0.25, -0.2) is 4.79 Å². The molecule has 0 spiro atoms. The minimum absolute atomic E-state index is 0.117. The Labute approximate surface area is 174 Å². The first-order valence-electron chi connectivity index (χ1n) is 8.99. The van der Waals surface area contributed by atoms with Crippen LogP contribution in [0.5, 0.6) is 11.5 Å². The topological polar surface area (TPSA) is 62.8 Å². The molecule has 1 saturated heterocycles. The van der Waals surface area contributed by atoms with Gasteiger partial charge in [-0.2, -0.15) is 0 Å². The van der Waals surface area contributed by atoms with Crippen molar-refractivity contribution in [2.75, 3.05) is 37.9 Å². The smallest absolute Gasteiger partial charge is 0.321 e. The van der Waals surface area contributed by atoms with Gasteiger partial charge >= 0.3 is 6.03 Å². The predicted molar refractivity (Wildman–Crippen MR) is 113 cm³/mol. The average Bonchev–Trinajstić information content (AvgIpc) is 2.70. The van der Waals surface area contributed by atoms with Crippen LogP contribution in [-0.4, -0.2) is 44.3 Å². The van der Waals surface area contributed by atoms with E-state index in [4.69, 9.17) is 32.7 Å². The summed E-state index contributed by atoms with van der Waals surface area (Å²) in [7, 11) is 3.23. The molecule has 1 aliphatic rings. The van der Waals surface area contributed by atoms with Gasteiger partial charge in [-0.15, -0.1) is 0 Å². The number of benzene rings is 2. The van der Waals surface area contributed by atoms with E-state index in [2.05, 4.69) is 10.6 Å². The summed E-state index contributed by atoms with van der Waals surface area (Å²) in [4.78, 5) is 14.4. The van der Waals surface area contributed by atoms with Crippen LogP contribution in [0.25, 0.3) is 0 Å². The number of likely N-dealkylation sites (tertiary alicyclic amines) is 1. The summed E-state index contributed by atoms with van der Waals surface area (Å²) in [5.41, 5.74) is 1.40. The molecule has 28 heavy (non-hydrogen) atoms. The molecule has 0 saturated carbocycles. The van der Waals surface area contributed by atoms with Crippen molar-refractivity contribution in [3.8, 4) is 11.5 Å². The second-order valence-electron chi connectivity index (χ2n) is 6.59. The summed E-state index contributed by atoms with van der Waals surface area (Å²) in [5, 5.41) is 7.29. The van der Waals surface area contributed by atoms with Crippen LogP contribution in [0.2, 0.25) is 10.0 Å². The Bertz CT molecular complexity index is 825. The molecule has 0 aliphatic carbocycles. The van der Waals surface area contributed by atoms with E-state index in [-0.39, 0.29) is 12.1 Å². The number of anilines is 2. The first-order valence-corrected chi connectivity index (χ1v) is 9.74. The molecule has 3 rings (SSSR count). The highest BCUT2D eigenvalue weighted by Crippen LogP contribution is 2.28. The normalized spacial score (nSPS) is 16.4. The highest BCUT2D eigenvalue weighted by Gasteiger charge is 2.24. The van der Waals surface area contributed by atoms with E-state index in [1.165, 1.54) is 0 Å². The number of nitrogens with zero attached hydrogens (tertiary/aromatic N) is 1. The maximum atomic E-state index is 12.7. The maximum Gasteiger partial charge on any atom is 0.321 e. The van der Waals surface area contributed by atoms with Crippen LogP contribution in [0.3, 0.4) is 0 Å². The molecule has 0 aromatic heterocycles. The van der Waals surface area contributed by atoms with Gasteiger partial charge in [0.15, 0.2) is 0 Å². The summed E-state index contributed by atoms with van der Waals surface area (Å²) < 4.78 is 10.6. The Hall–Kier alpha value is -2.31. The number of ether oxygens (including phenoxy) is 2. The second-order valence-corrected chi connectivity index (χ2v) is 7.43. The fourth-order valence-corrected chi connectivity index (χ4v) is 3.53. The number of halogens is 2. The van der Waals surface area contributed by atoms with Gasteiger partial charge in [0, 0.05) is 48.0 Å². The van der Waals surface area contributed by atoms with Crippen LogP contribution >= 0.6 is 23.2 Å². The Morgan fingerprint density at radius 2 is 1.82 bits per heavy atom. The van der Waals surface area contributed by atoms with E-state index in [0.29, 0.717) is 40.3 Å². The molecule has 6 nitrogen and oxygen atoms in total. The zero-order valence-corrected chi connectivity index (χ0v) is 17.3. The molecule has 0 radical (unpaired) electrons. The van der Waals surface area contributed by atoms with Crippen molar-refractivity contribution < 1.29 is 14.3 Å². The number of amides is 2. The van der Waals surface area contributed by atoms with Crippen molar-refractivity contribution >= 4 is 40.6 Å². The molecule has 8 heteroatoms. The van der Waals surface area contributed by atoms with Gasteiger partial charge in [0.1, 0.15) is 11.5 Å². The lowest BCUT2D eigenvalue weighted by Gasteiger charge is -2.34. The number of hydrogen-bond donors (Lipinski definition) is 2. The number of carbonyl (C=O) groups excluding carboxylic acids is 1. The number of methoxy groups -OCH3 is 2. The largest absolute Gasteiger partial charge is 0.497 e. The van der Waals surface area contributed by atoms with E-state index >= 15 is 0 Å². The highest BCUT2D eigenvalue weighted by atomic mass is 35.5. The van der Waals surface area contributed by atoms with Gasteiger partial charge in [0.2, 0.25) is 0 Å². The zero-order valence-electron chi connectivity index (χ0n) is 15.8. The molecule has 2 N–H and O–H groups in total. The van der Waals surface area contributed by atoms with Crippen LogP contribution < -0.4 is 20.1 Å². The van der Waals surface area contributed by atoms with Crippen LogP contribution in [0.15, 0.2) is 36.4 Å². The van der Waals surface area contributed by atoms with Gasteiger partial charge in [-0.3, -0.25) is 0 Å². The minimum Gasteiger partial charge on any atom is -0.497 e. The minimum atomic E-state index is -0.195. The first kappa shape index (κ1) is 20.4. The molecule has 2 aromatic rings. The van der Waals surface area contributed by atoms with E-state index in [9.17, 15) is 4.79 Å². The summed E-state index contributed by atoms with van der Waals surface area (Å²) in [6.07, 6.45) is 1.86. The fourth-order valence-electron chi connectivity index (χ4n) is 3.19. The molecule has 2 amide bonds. The molecular weight excluding hydrogens is 401 g/mol. The van der Waals surface area contributed by atoms with Crippen LogP contribution in [0, 0.1) is 0 Å². The van der Waals surface area contributed by atoms with Crippen molar-refractivity contribution in [1.29, 1.82) is 0 Å². The highest BCUT2D eigenvalue weighted by molar-refractivity contribution is 6.35. The third-order valence-electron chi connectivity index (χ3n) is 4.60. The summed E-state index contributed by atoms with van der Waals surface area (Å²) in [6.45, 7) is 1.26. The number of nitrogens with one attached hydrogen (secondary N) is 2. The summed E-state index contributed by atoms with van der Waals surface area (Å²) >= 11 is 12.1. The lowest BCUT2D eigenvalue weighted by atomic mass is 10.1. The molecular formula is C20H23Cl2N3O3.